The van der Waals surface area contributed by atoms with Crippen molar-refractivity contribution in [1.82, 2.24) is 25.0 Å². The molecule has 130 valence electrons. The van der Waals surface area contributed by atoms with Gasteiger partial charge in [-0.05, 0) is 37.6 Å². The Morgan fingerprint density at radius 1 is 1.20 bits per heavy atom. The molecule has 2 heterocycles. The van der Waals surface area contributed by atoms with Crippen molar-refractivity contribution in [3.8, 4) is 11.7 Å². The van der Waals surface area contributed by atoms with Crippen LogP contribution in [0.1, 0.15) is 22.5 Å². The first kappa shape index (κ1) is 16.9. The molecule has 0 aliphatic carbocycles. The fraction of sp³-hybridized carbons (Fsp3) is 0.250. The molecular weight excluding hydrogens is 335 g/mol. The van der Waals surface area contributed by atoms with Crippen molar-refractivity contribution in [2.45, 2.75) is 26.6 Å². The van der Waals surface area contributed by atoms with Crippen molar-refractivity contribution in [2.75, 3.05) is 0 Å². The summed E-state index contributed by atoms with van der Waals surface area (Å²) >= 11 is 0. The molecule has 0 radical (unpaired) electrons. The summed E-state index contributed by atoms with van der Waals surface area (Å²) in [7, 11) is 0. The fourth-order valence-electron chi connectivity index (χ4n) is 2.03. The zero-order valence-corrected chi connectivity index (χ0v) is 13.4. The first-order chi connectivity index (χ1) is 11.8. The number of halogens is 3. The summed E-state index contributed by atoms with van der Waals surface area (Å²) < 4.78 is 45.0. The summed E-state index contributed by atoms with van der Waals surface area (Å²) in [4.78, 5) is 8.22. The Morgan fingerprint density at radius 3 is 2.72 bits per heavy atom. The zero-order valence-electron chi connectivity index (χ0n) is 13.4. The molecule has 0 bridgehead atoms. The highest BCUT2D eigenvalue weighted by Crippen LogP contribution is 2.30. The highest BCUT2D eigenvalue weighted by molar-refractivity contribution is 5.36. The summed E-state index contributed by atoms with van der Waals surface area (Å²) in [6.45, 7) is 3.79. The Bertz CT molecular complexity index is 891. The Balaban J connectivity index is 1.73. The smallest absolute Gasteiger partial charge is 0.416 e. The number of aromatic nitrogens is 5. The molecule has 0 aliphatic heterocycles. The zero-order chi connectivity index (χ0) is 18.0. The predicted molar refractivity (Wildman–Crippen MR) is 82.2 cm³/mol. The predicted octanol–water partition coefficient (Wildman–Crippen LogP) is 3.27. The molecule has 25 heavy (non-hydrogen) atoms. The van der Waals surface area contributed by atoms with E-state index in [0.29, 0.717) is 5.69 Å². The highest BCUT2D eigenvalue weighted by Gasteiger charge is 2.30. The molecular formula is C16H14F3N5O. The Labute approximate surface area is 141 Å². The molecule has 0 N–H and O–H groups in total. The number of rotatable bonds is 4. The van der Waals surface area contributed by atoms with Crippen LogP contribution in [0.3, 0.4) is 0 Å². The number of hydrogen-bond donors (Lipinski definition) is 0. The molecule has 3 rings (SSSR count). The van der Waals surface area contributed by atoms with Crippen LogP contribution >= 0.6 is 0 Å². The Morgan fingerprint density at radius 2 is 2.00 bits per heavy atom. The minimum Gasteiger partial charge on any atom is -0.457 e. The number of ether oxygens (including phenoxy) is 1. The van der Waals surface area contributed by atoms with Crippen molar-refractivity contribution < 1.29 is 17.9 Å². The SMILES string of the molecule is Cc1cnc(OCc2cn(-c3cccc(C(F)(F)F)c3)nn2)nc1C. The number of hydrogen-bond acceptors (Lipinski definition) is 5. The van der Waals surface area contributed by atoms with Crippen LogP contribution in [-0.2, 0) is 12.8 Å². The maximum atomic E-state index is 12.8. The summed E-state index contributed by atoms with van der Waals surface area (Å²) in [5.41, 5.74) is 1.71. The lowest BCUT2D eigenvalue weighted by molar-refractivity contribution is -0.137. The van der Waals surface area contributed by atoms with E-state index in [2.05, 4.69) is 20.3 Å². The van der Waals surface area contributed by atoms with Gasteiger partial charge in [-0.25, -0.2) is 14.6 Å². The molecule has 2 aromatic heterocycles. The van der Waals surface area contributed by atoms with Crippen molar-refractivity contribution >= 4 is 0 Å². The van der Waals surface area contributed by atoms with Crippen LogP contribution in [0.25, 0.3) is 5.69 Å². The van der Waals surface area contributed by atoms with E-state index in [1.165, 1.54) is 23.0 Å². The van der Waals surface area contributed by atoms with Crippen LogP contribution < -0.4 is 4.74 Å². The molecule has 0 fully saturated rings. The average Bonchev–Trinajstić information content (AvgIpc) is 3.04. The van der Waals surface area contributed by atoms with Gasteiger partial charge in [0.05, 0.1) is 17.4 Å². The van der Waals surface area contributed by atoms with Gasteiger partial charge >= 0.3 is 12.2 Å². The van der Waals surface area contributed by atoms with E-state index in [4.69, 9.17) is 4.74 Å². The van der Waals surface area contributed by atoms with Crippen LogP contribution in [0.5, 0.6) is 6.01 Å². The van der Waals surface area contributed by atoms with E-state index in [0.717, 1.165) is 23.4 Å². The van der Waals surface area contributed by atoms with Crippen LogP contribution in [0.4, 0.5) is 13.2 Å². The van der Waals surface area contributed by atoms with E-state index in [-0.39, 0.29) is 18.3 Å². The third-order valence-corrected chi connectivity index (χ3v) is 3.53. The average molecular weight is 349 g/mol. The third-order valence-electron chi connectivity index (χ3n) is 3.53. The number of alkyl halides is 3. The van der Waals surface area contributed by atoms with Gasteiger partial charge in [-0.2, -0.15) is 13.2 Å². The topological polar surface area (TPSA) is 65.7 Å². The van der Waals surface area contributed by atoms with Gasteiger partial charge < -0.3 is 4.74 Å². The number of benzene rings is 1. The van der Waals surface area contributed by atoms with Crippen molar-refractivity contribution in [2.24, 2.45) is 0 Å². The molecule has 0 aliphatic rings. The van der Waals surface area contributed by atoms with Crippen molar-refractivity contribution in [1.29, 1.82) is 0 Å². The lowest BCUT2D eigenvalue weighted by Crippen LogP contribution is -2.06. The highest BCUT2D eigenvalue weighted by atomic mass is 19.4. The molecule has 0 saturated heterocycles. The Hall–Kier alpha value is -2.97. The summed E-state index contributed by atoms with van der Waals surface area (Å²) in [5, 5.41) is 7.72. The van der Waals surface area contributed by atoms with Crippen LogP contribution in [0, 0.1) is 13.8 Å². The second-order valence-corrected chi connectivity index (χ2v) is 5.41. The van der Waals surface area contributed by atoms with Crippen LogP contribution in [0.15, 0.2) is 36.7 Å². The van der Waals surface area contributed by atoms with Gasteiger partial charge in [0.2, 0.25) is 0 Å². The molecule has 9 heteroatoms. The van der Waals surface area contributed by atoms with E-state index in [1.807, 2.05) is 13.8 Å². The maximum absolute atomic E-state index is 12.8. The third kappa shape index (κ3) is 3.93. The molecule has 0 unspecified atom stereocenters. The minimum absolute atomic E-state index is 0.0570. The van der Waals surface area contributed by atoms with E-state index < -0.39 is 11.7 Å². The van der Waals surface area contributed by atoms with Gasteiger partial charge in [-0.1, -0.05) is 11.3 Å². The van der Waals surface area contributed by atoms with Crippen molar-refractivity contribution in [3.63, 3.8) is 0 Å². The lowest BCUT2D eigenvalue weighted by Gasteiger charge is -2.08. The van der Waals surface area contributed by atoms with Gasteiger partial charge in [-0.15, -0.1) is 5.10 Å². The molecule has 0 amide bonds. The van der Waals surface area contributed by atoms with Crippen LogP contribution in [0.2, 0.25) is 0 Å². The number of aryl methyl sites for hydroxylation is 2. The first-order valence-electron chi connectivity index (χ1n) is 7.35. The monoisotopic (exact) mass is 349 g/mol. The van der Waals surface area contributed by atoms with Gasteiger partial charge in [0.25, 0.3) is 0 Å². The summed E-state index contributed by atoms with van der Waals surface area (Å²) in [5.74, 6) is 0. The molecule has 0 atom stereocenters. The van der Waals surface area contributed by atoms with E-state index in [1.54, 1.807) is 6.20 Å². The maximum Gasteiger partial charge on any atom is 0.416 e. The first-order valence-corrected chi connectivity index (χ1v) is 7.35. The van der Waals surface area contributed by atoms with Gasteiger partial charge in [0.1, 0.15) is 12.3 Å². The minimum atomic E-state index is -4.41. The summed E-state index contributed by atoms with van der Waals surface area (Å²) in [6.07, 6.45) is -1.27. The normalized spacial score (nSPS) is 11.6. The molecule has 0 spiro atoms. The van der Waals surface area contributed by atoms with E-state index in [9.17, 15) is 13.2 Å². The summed E-state index contributed by atoms with van der Waals surface area (Å²) in [6, 6.07) is 5.05. The second kappa shape index (κ2) is 6.50. The van der Waals surface area contributed by atoms with Crippen LogP contribution in [-0.4, -0.2) is 25.0 Å². The van der Waals surface area contributed by atoms with Gasteiger partial charge in [0, 0.05) is 11.9 Å². The molecule has 1 aromatic carbocycles. The standard InChI is InChI=1S/C16H14F3N5O/c1-10-7-20-15(21-11(10)2)25-9-13-8-24(23-22-13)14-5-3-4-12(6-14)16(17,18)19/h3-8H,9H2,1-2H3. The molecule has 3 aromatic rings. The van der Waals surface area contributed by atoms with Gasteiger partial charge in [-0.3, -0.25) is 0 Å². The second-order valence-electron chi connectivity index (χ2n) is 5.41. The van der Waals surface area contributed by atoms with Crippen molar-refractivity contribution in [3.05, 3.63) is 59.2 Å². The van der Waals surface area contributed by atoms with Gasteiger partial charge in [0.15, 0.2) is 0 Å². The molecule has 6 nitrogen and oxygen atoms in total. The quantitative estimate of drug-likeness (QED) is 0.723. The fourth-order valence-corrected chi connectivity index (χ4v) is 2.03. The largest absolute Gasteiger partial charge is 0.457 e. The number of nitrogens with zero attached hydrogens (tertiary/aromatic N) is 5. The molecule has 0 saturated carbocycles. The Kier molecular flexibility index (Phi) is 4.39. The lowest BCUT2D eigenvalue weighted by atomic mass is 10.2. The van der Waals surface area contributed by atoms with E-state index >= 15 is 0 Å².